The molecule has 0 saturated carbocycles. The minimum atomic E-state index is 0.216. The Balaban J connectivity index is 2.66. The van der Waals surface area contributed by atoms with Crippen molar-refractivity contribution in [2.24, 2.45) is 11.7 Å². The van der Waals surface area contributed by atoms with E-state index in [9.17, 15) is 0 Å². The third-order valence-corrected chi connectivity index (χ3v) is 4.91. The van der Waals surface area contributed by atoms with Crippen LogP contribution in [0.1, 0.15) is 52.9 Å². The Hall–Kier alpha value is -0.120. The molecule has 0 aromatic rings. The van der Waals surface area contributed by atoms with Crippen LogP contribution in [0.25, 0.3) is 0 Å². The van der Waals surface area contributed by atoms with Crippen molar-refractivity contribution in [2.45, 2.75) is 64.5 Å². The fourth-order valence-electron chi connectivity index (χ4n) is 3.21. The second kappa shape index (κ2) is 7.46. The van der Waals surface area contributed by atoms with Crippen LogP contribution < -0.4 is 5.73 Å². The first-order chi connectivity index (χ1) is 8.61. The number of methoxy groups -OCH3 is 1. The molecule has 0 aromatic carbocycles. The maximum absolute atomic E-state index is 6.15. The van der Waals surface area contributed by atoms with E-state index >= 15 is 0 Å². The zero-order valence-corrected chi connectivity index (χ0v) is 12.7. The fourth-order valence-corrected chi connectivity index (χ4v) is 3.21. The molecule has 1 heterocycles. The Bertz CT molecular complexity index is 221. The zero-order chi connectivity index (χ0) is 13.6. The van der Waals surface area contributed by atoms with Gasteiger partial charge in [0.1, 0.15) is 0 Å². The Kier molecular flexibility index (Phi) is 6.61. The summed E-state index contributed by atoms with van der Waals surface area (Å²) in [6.45, 7) is 9.98. The molecule has 3 nitrogen and oxygen atoms in total. The lowest BCUT2D eigenvalue weighted by molar-refractivity contribution is -0.0120. The molecule has 0 bridgehead atoms. The summed E-state index contributed by atoms with van der Waals surface area (Å²) in [6.07, 6.45) is 6.39. The Morgan fingerprint density at radius 1 is 1.33 bits per heavy atom. The molecule has 2 unspecified atom stereocenters. The molecule has 0 spiro atoms. The lowest BCUT2D eigenvalue weighted by Gasteiger charge is -2.47. The molecule has 3 heteroatoms. The lowest BCUT2D eigenvalue weighted by Crippen LogP contribution is -2.57. The molecule has 0 aromatic heterocycles. The molecule has 2 N–H and O–H groups in total. The van der Waals surface area contributed by atoms with E-state index in [-0.39, 0.29) is 5.54 Å². The van der Waals surface area contributed by atoms with E-state index in [1.807, 2.05) is 7.11 Å². The van der Waals surface area contributed by atoms with Crippen LogP contribution >= 0.6 is 0 Å². The molecule has 1 aliphatic rings. The van der Waals surface area contributed by atoms with Crippen molar-refractivity contribution in [1.82, 2.24) is 4.90 Å². The van der Waals surface area contributed by atoms with Gasteiger partial charge in [-0.1, -0.05) is 27.2 Å². The Morgan fingerprint density at radius 3 is 2.33 bits per heavy atom. The summed E-state index contributed by atoms with van der Waals surface area (Å²) in [5.74, 6) is 0.758. The van der Waals surface area contributed by atoms with Gasteiger partial charge >= 0.3 is 0 Å². The van der Waals surface area contributed by atoms with Gasteiger partial charge in [0.25, 0.3) is 0 Å². The number of hydrogen-bond acceptors (Lipinski definition) is 3. The van der Waals surface area contributed by atoms with E-state index in [0.717, 1.165) is 44.8 Å². The van der Waals surface area contributed by atoms with Crippen LogP contribution in [0.4, 0.5) is 0 Å². The predicted octanol–water partition coefficient (Wildman–Crippen LogP) is 2.64. The number of nitrogens with two attached hydrogens (primary N) is 1. The van der Waals surface area contributed by atoms with Gasteiger partial charge in [-0.25, -0.2) is 0 Å². The van der Waals surface area contributed by atoms with Crippen LogP contribution in [0.3, 0.4) is 0 Å². The van der Waals surface area contributed by atoms with Gasteiger partial charge in [-0.3, -0.25) is 4.90 Å². The van der Waals surface area contributed by atoms with E-state index in [1.165, 1.54) is 12.8 Å². The molecular formula is C15H32N2O. The van der Waals surface area contributed by atoms with Crippen LogP contribution in [-0.2, 0) is 4.74 Å². The van der Waals surface area contributed by atoms with Crippen LogP contribution in [0.2, 0.25) is 0 Å². The molecule has 1 aliphatic heterocycles. The molecule has 108 valence electrons. The van der Waals surface area contributed by atoms with Gasteiger partial charge in [0.15, 0.2) is 0 Å². The zero-order valence-electron chi connectivity index (χ0n) is 12.7. The number of likely N-dealkylation sites (tertiary alicyclic amines) is 1. The summed E-state index contributed by atoms with van der Waals surface area (Å²) in [6, 6.07) is 0. The summed E-state index contributed by atoms with van der Waals surface area (Å²) in [5.41, 5.74) is 6.36. The quantitative estimate of drug-likeness (QED) is 0.761. The molecule has 1 rings (SSSR count). The van der Waals surface area contributed by atoms with Crippen molar-refractivity contribution in [3.63, 3.8) is 0 Å². The van der Waals surface area contributed by atoms with Crippen molar-refractivity contribution in [2.75, 3.05) is 26.7 Å². The third-order valence-electron chi connectivity index (χ3n) is 4.91. The van der Waals surface area contributed by atoms with Crippen molar-refractivity contribution < 1.29 is 4.74 Å². The van der Waals surface area contributed by atoms with Crippen molar-refractivity contribution in [3.8, 4) is 0 Å². The Morgan fingerprint density at radius 2 is 1.94 bits per heavy atom. The molecule has 0 aliphatic carbocycles. The first-order valence-corrected chi connectivity index (χ1v) is 7.59. The topological polar surface area (TPSA) is 38.5 Å². The lowest BCUT2D eigenvalue weighted by atomic mass is 9.82. The summed E-state index contributed by atoms with van der Waals surface area (Å²) in [5, 5.41) is 0. The number of ether oxygens (including phenoxy) is 1. The summed E-state index contributed by atoms with van der Waals surface area (Å²) < 4.78 is 5.46. The summed E-state index contributed by atoms with van der Waals surface area (Å²) >= 11 is 0. The van der Waals surface area contributed by atoms with E-state index in [0.29, 0.717) is 6.10 Å². The largest absolute Gasteiger partial charge is 0.381 e. The highest BCUT2D eigenvalue weighted by Gasteiger charge is 2.36. The van der Waals surface area contributed by atoms with Gasteiger partial charge in [-0.2, -0.15) is 0 Å². The molecule has 1 saturated heterocycles. The van der Waals surface area contributed by atoms with Crippen LogP contribution in [0.15, 0.2) is 0 Å². The maximum atomic E-state index is 6.15. The predicted molar refractivity (Wildman–Crippen MR) is 77.8 cm³/mol. The van der Waals surface area contributed by atoms with Gasteiger partial charge < -0.3 is 10.5 Å². The van der Waals surface area contributed by atoms with Gasteiger partial charge in [0, 0.05) is 32.3 Å². The van der Waals surface area contributed by atoms with Crippen molar-refractivity contribution in [3.05, 3.63) is 0 Å². The molecule has 18 heavy (non-hydrogen) atoms. The number of hydrogen-bond donors (Lipinski definition) is 1. The SMILES string of the molecule is CCC(C)CC(CC)(CN)N1CCC(OC)CC1. The van der Waals surface area contributed by atoms with Gasteiger partial charge in [-0.05, 0) is 31.6 Å². The second-order valence-electron chi connectivity index (χ2n) is 5.92. The number of nitrogens with zero attached hydrogens (tertiary/aromatic N) is 1. The highest BCUT2D eigenvalue weighted by Crippen LogP contribution is 2.31. The molecule has 0 amide bonds. The van der Waals surface area contributed by atoms with E-state index < -0.39 is 0 Å². The Labute approximate surface area is 113 Å². The summed E-state index contributed by atoms with van der Waals surface area (Å²) in [4.78, 5) is 2.63. The average Bonchev–Trinajstić information content (AvgIpc) is 2.44. The van der Waals surface area contributed by atoms with Crippen LogP contribution in [0, 0.1) is 5.92 Å². The van der Waals surface area contributed by atoms with Crippen LogP contribution in [-0.4, -0.2) is 43.3 Å². The summed E-state index contributed by atoms with van der Waals surface area (Å²) in [7, 11) is 1.83. The van der Waals surface area contributed by atoms with Gasteiger partial charge in [0.2, 0.25) is 0 Å². The smallest absolute Gasteiger partial charge is 0.0595 e. The highest BCUT2D eigenvalue weighted by molar-refractivity contribution is 4.94. The average molecular weight is 256 g/mol. The number of piperidine rings is 1. The van der Waals surface area contributed by atoms with Crippen molar-refractivity contribution >= 4 is 0 Å². The second-order valence-corrected chi connectivity index (χ2v) is 5.92. The molecule has 0 radical (unpaired) electrons. The van der Waals surface area contributed by atoms with Gasteiger partial charge in [0.05, 0.1) is 6.10 Å². The minimum Gasteiger partial charge on any atom is -0.381 e. The standard InChI is InChI=1S/C15H32N2O/c1-5-13(3)11-15(6-2,12-16)17-9-7-14(18-4)8-10-17/h13-14H,5-12,16H2,1-4H3. The van der Waals surface area contributed by atoms with Crippen molar-refractivity contribution in [1.29, 1.82) is 0 Å². The molecular weight excluding hydrogens is 224 g/mol. The number of rotatable bonds is 7. The van der Waals surface area contributed by atoms with E-state index in [4.69, 9.17) is 10.5 Å². The fraction of sp³-hybridized carbons (Fsp3) is 1.00. The molecule has 2 atom stereocenters. The monoisotopic (exact) mass is 256 g/mol. The van der Waals surface area contributed by atoms with Gasteiger partial charge in [-0.15, -0.1) is 0 Å². The first kappa shape index (κ1) is 15.9. The van der Waals surface area contributed by atoms with E-state index in [1.54, 1.807) is 0 Å². The maximum Gasteiger partial charge on any atom is 0.0595 e. The first-order valence-electron chi connectivity index (χ1n) is 7.59. The van der Waals surface area contributed by atoms with Crippen LogP contribution in [0.5, 0.6) is 0 Å². The third kappa shape index (κ3) is 3.69. The molecule has 1 fully saturated rings. The normalized spacial score (nSPS) is 23.8. The van der Waals surface area contributed by atoms with E-state index in [2.05, 4.69) is 25.7 Å². The minimum absolute atomic E-state index is 0.216. The highest BCUT2D eigenvalue weighted by atomic mass is 16.5.